The normalized spacial score (nSPS) is 64.1. The molecule has 0 radical (unpaired) electrons. The first-order valence-corrected chi connectivity index (χ1v) is 11.5. The second-order valence-corrected chi connectivity index (χ2v) is 18.2. The molecule has 5 saturated carbocycles. The molecule has 0 nitrogen and oxygen atoms in total. The van der Waals surface area contributed by atoms with Crippen LogP contribution in [0.2, 0.25) is 0 Å². The molecule has 5 aliphatic rings. The molecule has 5 aliphatic carbocycles. The van der Waals surface area contributed by atoms with E-state index in [1.54, 1.807) is 0 Å². The van der Waals surface area contributed by atoms with Crippen LogP contribution in [0.3, 0.4) is 0 Å². The van der Waals surface area contributed by atoms with Crippen LogP contribution >= 0.6 is 95.6 Å². The maximum Gasteiger partial charge on any atom is 0.0929 e. The van der Waals surface area contributed by atoms with E-state index in [4.69, 9.17) is 0 Å². The third-order valence-corrected chi connectivity index (χ3v) is 14.8. The van der Waals surface area contributed by atoms with Crippen LogP contribution in [0.15, 0.2) is 0 Å². The lowest BCUT2D eigenvalue weighted by molar-refractivity contribution is 0.157. The van der Waals surface area contributed by atoms with Gasteiger partial charge in [0.1, 0.15) is 0 Å². The lowest BCUT2D eigenvalue weighted by Crippen LogP contribution is -2.25. The molecule has 6 atom stereocenters. The molecule has 0 saturated heterocycles. The van der Waals surface area contributed by atoms with Gasteiger partial charge in [-0.15, -0.1) is 0 Å². The molecule has 0 bridgehead atoms. The molecule has 0 N–H and O–H groups in total. The summed E-state index contributed by atoms with van der Waals surface area (Å²) in [5.74, 6) is 3.25. The second kappa shape index (κ2) is 3.45. The van der Waals surface area contributed by atoms with Crippen LogP contribution in [0.1, 0.15) is 25.7 Å². The van der Waals surface area contributed by atoms with E-state index < -0.39 is 0 Å². The predicted molar refractivity (Wildman–Crippen MR) is 99.0 cm³/mol. The Hall–Kier alpha value is 2.88. The first-order chi connectivity index (χ1) is 8.62. The van der Waals surface area contributed by atoms with Crippen molar-refractivity contribution in [3.63, 3.8) is 0 Å². The molecule has 0 amide bonds. The van der Waals surface area contributed by atoms with Gasteiger partial charge in [0.25, 0.3) is 0 Å². The van der Waals surface area contributed by atoms with Crippen molar-refractivity contribution >= 4 is 95.6 Å². The Morgan fingerprint density at radius 1 is 0.526 bits per heavy atom. The Morgan fingerprint density at radius 2 is 0.789 bits per heavy atom. The molecule has 0 aliphatic heterocycles. The molecule has 0 heterocycles. The molecule has 5 fully saturated rings. The van der Waals surface area contributed by atoms with E-state index in [-0.39, 0.29) is 9.70 Å². The first kappa shape index (κ1) is 14.2. The van der Waals surface area contributed by atoms with Gasteiger partial charge in [-0.3, -0.25) is 0 Å². The summed E-state index contributed by atoms with van der Waals surface area (Å²) in [6.07, 6.45) is 5.40. The van der Waals surface area contributed by atoms with Crippen LogP contribution in [-0.2, 0) is 0 Å². The predicted octanol–water partition coefficient (Wildman–Crippen LogP) is 6.51. The Morgan fingerprint density at radius 3 is 1.05 bits per heavy atom. The minimum atomic E-state index is 0.201. The topological polar surface area (TPSA) is 0 Å². The Bertz CT molecular complexity index is 437. The van der Waals surface area contributed by atoms with Gasteiger partial charge in [-0.05, 0) is 49.4 Å². The SMILES string of the molecule is BrC1(Br)[C@@H]2CC34C[C@H]5[C@H](CC3(C[C@@H]21)C4(Br)Br)C5(Br)Br. The molecule has 2 unspecified atom stereocenters. The Kier molecular flexibility index (Phi) is 2.59. The third-order valence-electron chi connectivity index (χ3n) is 7.06. The van der Waals surface area contributed by atoms with Crippen molar-refractivity contribution in [2.75, 3.05) is 0 Å². The summed E-state index contributed by atoms with van der Waals surface area (Å²) in [4.78, 5) is 0. The van der Waals surface area contributed by atoms with Crippen LogP contribution in [0, 0.1) is 34.5 Å². The zero-order chi connectivity index (χ0) is 13.6. The molecule has 0 aromatic carbocycles. The summed E-state index contributed by atoms with van der Waals surface area (Å²) in [7, 11) is 0. The lowest BCUT2D eigenvalue weighted by atomic mass is 9.71. The van der Waals surface area contributed by atoms with Gasteiger partial charge >= 0.3 is 0 Å². The van der Waals surface area contributed by atoms with E-state index in [2.05, 4.69) is 95.6 Å². The van der Waals surface area contributed by atoms with Gasteiger partial charge in [-0.25, -0.2) is 0 Å². The van der Waals surface area contributed by atoms with Gasteiger partial charge in [-0.1, -0.05) is 95.6 Å². The van der Waals surface area contributed by atoms with Gasteiger partial charge in [0, 0.05) is 10.8 Å². The van der Waals surface area contributed by atoms with E-state index >= 15 is 0 Å². The molecule has 19 heavy (non-hydrogen) atoms. The average molecular weight is 648 g/mol. The number of hydrogen-bond acceptors (Lipinski definition) is 0. The fourth-order valence-corrected chi connectivity index (χ4v) is 11.7. The van der Waals surface area contributed by atoms with Gasteiger partial charge in [-0.2, -0.15) is 0 Å². The van der Waals surface area contributed by atoms with Crippen molar-refractivity contribution in [1.82, 2.24) is 0 Å². The summed E-state index contributed by atoms with van der Waals surface area (Å²) < 4.78 is 0.697. The zero-order valence-corrected chi connectivity index (χ0v) is 19.4. The summed E-state index contributed by atoms with van der Waals surface area (Å²) in [5.41, 5.74) is 0.934. The highest BCUT2D eigenvalue weighted by Gasteiger charge is 2.94. The van der Waals surface area contributed by atoms with Crippen LogP contribution in [0.4, 0.5) is 0 Å². The fourth-order valence-electron chi connectivity index (χ4n) is 5.74. The highest BCUT2D eigenvalue weighted by Crippen LogP contribution is 2.98. The molecule has 0 spiro atoms. The largest absolute Gasteiger partial charge is 0.0929 e. The standard InChI is InChI=1S/C13H12Br6/c14-11(15)5-1-9-2-7-8(12(7,16)17)4-10(9,3-6(5)11)13(9,18)19/h5-8H,1-4H2/t5-,6-,7-,8+,9?,10?/m0/s1. The molecular weight excluding hydrogens is 636 g/mol. The third kappa shape index (κ3) is 1.29. The molecule has 6 heteroatoms. The Labute approximate surface area is 163 Å². The van der Waals surface area contributed by atoms with Gasteiger partial charge < -0.3 is 0 Å². The minimum Gasteiger partial charge on any atom is -0.0721 e. The van der Waals surface area contributed by atoms with Crippen molar-refractivity contribution < 1.29 is 0 Å². The number of halogens is 6. The monoisotopic (exact) mass is 642 g/mol. The van der Waals surface area contributed by atoms with Crippen LogP contribution in [0.5, 0.6) is 0 Å². The number of fused-ring (bicyclic) bond motifs is 2. The molecule has 0 aromatic heterocycles. The Balaban J connectivity index is 1.57. The number of hydrogen-bond donors (Lipinski definition) is 0. The zero-order valence-electron chi connectivity index (χ0n) is 9.91. The van der Waals surface area contributed by atoms with Crippen LogP contribution in [0.25, 0.3) is 0 Å². The first-order valence-electron chi connectivity index (χ1n) is 6.75. The molecular formula is C13H12Br6. The maximum atomic E-state index is 4.08. The van der Waals surface area contributed by atoms with Crippen molar-refractivity contribution in [2.24, 2.45) is 34.5 Å². The van der Waals surface area contributed by atoms with Gasteiger partial charge in [0.15, 0.2) is 0 Å². The van der Waals surface area contributed by atoms with Crippen molar-refractivity contribution in [1.29, 1.82) is 0 Å². The quantitative estimate of drug-likeness (QED) is 0.263. The lowest BCUT2D eigenvalue weighted by Gasteiger charge is -2.32. The average Bonchev–Trinajstić information content (AvgIpc) is 3.14. The highest BCUT2D eigenvalue weighted by atomic mass is 79.9. The van der Waals surface area contributed by atoms with Crippen molar-refractivity contribution in [3.8, 4) is 0 Å². The van der Waals surface area contributed by atoms with Crippen molar-refractivity contribution in [2.45, 2.75) is 35.4 Å². The van der Waals surface area contributed by atoms with E-state index in [0.29, 0.717) is 10.8 Å². The van der Waals surface area contributed by atoms with E-state index in [9.17, 15) is 0 Å². The smallest absolute Gasteiger partial charge is 0.0721 e. The van der Waals surface area contributed by atoms with E-state index in [1.807, 2.05) is 0 Å². The van der Waals surface area contributed by atoms with Gasteiger partial charge in [0.2, 0.25) is 0 Å². The fraction of sp³-hybridized carbons (Fsp3) is 1.00. The molecule has 5 rings (SSSR count). The van der Waals surface area contributed by atoms with E-state index in [0.717, 1.165) is 23.7 Å². The summed E-state index contributed by atoms with van der Waals surface area (Å²) in [6.45, 7) is 0. The van der Waals surface area contributed by atoms with Crippen LogP contribution in [-0.4, -0.2) is 9.70 Å². The number of rotatable bonds is 0. The highest BCUT2D eigenvalue weighted by molar-refractivity contribution is 9.26. The summed E-state index contributed by atoms with van der Waals surface area (Å²) >= 11 is 23.8. The van der Waals surface area contributed by atoms with E-state index in [1.165, 1.54) is 25.7 Å². The van der Waals surface area contributed by atoms with Gasteiger partial charge in [0.05, 0.1) is 9.70 Å². The second-order valence-electron chi connectivity index (χ2n) is 7.33. The molecule has 0 aromatic rings. The van der Waals surface area contributed by atoms with Crippen molar-refractivity contribution in [3.05, 3.63) is 0 Å². The minimum absolute atomic E-state index is 0.201. The van der Waals surface area contributed by atoms with Crippen LogP contribution < -0.4 is 0 Å². The summed E-state index contributed by atoms with van der Waals surface area (Å²) in [6, 6.07) is 0. The molecule has 106 valence electrons. The summed E-state index contributed by atoms with van der Waals surface area (Å²) in [5, 5.41) is 0. The maximum absolute atomic E-state index is 4.08. The number of alkyl halides is 6.